The van der Waals surface area contributed by atoms with Crippen LogP contribution in [-0.4, -0.2) is 65.2 Å². The molecule has 0 N–H and O–H groups in total. The smallest absolute Gasteiger partial charge is 0.312 e. The van der Waals surface area contributed by atoms with Crippen molar-refractivity contribution in [1.82, 2.24) is 34.8 Å². The maximum atomic E-state index is 12.5. The average molecular weight is 339 g/mol. The van der Waals surface area contributed by atoms with Crippen LogP contribution in [0.5, 0.6) is 0 Å². The zero-order valence-corrected chi connectivity index (χ0v) is 13.6. The number of aromatic nitrogens is 5. The molecule has 2 aromatic heterocycles. The minimum Gasteiger partial charge on any atom is -0.327 e. The van der Waals surface area contributed by atoms with Gasteiger partial charge in [-0.25, -0.2) is 4.98 Å². The molecule has 1 aliphatic heterocycles. The van der Waals surface area contributed by atoms with Crippen LogP contribution in [0.3, 0.4) is 0 Å². The number of hydrogen-bond donors (Lipinski definition) is 0. The predicted octanol–water partition coefficient (Wildman–Crippen LogP) is -0.219. The Bertz CT molecular complexity index is 816. The van der Waals surface area contributed by atoms with E-state index in [1.165, 1.54) is 4.80 Å². The zero-order chi connectivity index (χ0) is 17.0. The molecule has 9 heteroatoms. The third-order valence-corrected chi connectivity index (χ3v) is 5.56. The molecule has 128 valence electrons. The summed E-state index contributed by atoms with van der Waals surface area (Å²) in [5.41, 5.74) is 0.637. The minimum atomic E-state index is -0.435. The van der Waals surface area contributed by atoms with Crippen LogP contribution in [0.1, 0.15) is 25.0 Å². The van der Waals surface area contributed by atoms with Crippen LogP contribution in [0.2, 0.25) is 0 Å². The number of rotatable bonds is 4. The molecule has 0 atom stereocenters. The van der Waals surface area contributed by atoms with Gasteiger partial charge in [0.15, 0.2) is 5.82 Å². The minimum absolute atomic E-state index is 0.00170. The summed E-state index contributed by atoms with van der Waals surface area (Å²) in [6.07, 6.45) is 9.47. The van der Waals surface area contributed by atoms with E-state index in [1.807, 2.05) is 4.90 Å². The van der Waals surface area contributed by atoms with Crippen molar-refractivity contribution in [3.8, 4) is 5.82 Å². The molecule has 25 heavy (non-hydrogen) atoms. The van der Waals surface area contributed by atoms with Crippen molar-refractivity contribution in [1.29, 1.82) is 0 Å². The maximum Gasteiger partial charge on any atom is 0.312 e. The third-order valence-electron chi connectivity index (χ3n) is 5.56. The Hall–Kier alpha value is -2.84. The van der Waals surface area contributed by atoms with Crippen LogP contribution in [0, 0.1) is 5.92 Å². The molecule has 3 heterocycles. The summed E-state index contributed by atoms with van der Waals surface area (Å²) >= 11 is 0. The van der Waals surface area contributed by atoms with Crippen molar-refractivity contribution in [3.63, 3.8) is 0 Å². The molecular formula is C16H17N7O2. The normalized spacial score (nSPS) is 27.9. The molecule has 0 spiro atoms. The summed E-state index contributed by atoms with van der Waals surface area (Å²) in [5, 5.41) is 7.98. The third kappa shape index (κ3) is 2.15. The van der Waals surface area contributed by atoms with Gasteiger partial charge >= 0.3 is 11.8 Å². The Morgan fingerprint density at radius 2 is 1.76 bits per heavy atom. The molecule has 2 amide bonds. The molecule has 2 bridgehead atoms. The summed E-state index contributed by atoms with van der Waals surface area (Å²) in [4.78, 5) is 38.2. The Kier molecular flexibility index (Phi) is 2.94. The van der Waals surface area contributed by atoms with Gasteiger partial charge in [-0.2, -0.15) is 10.2 Å². The quantitative estimate of drug-likeness (QED) is 0.715. The van der Waals surface area contributed by atoms with E-state index < -0.39 is 5.91 Å². The van der Waals surface area contributed by atoms with Gasteiger partial charge in [0.05, 0.1) is 37.0 Å². The van der Waals surface area contributed by atoms with Crippen LogP contribution in [0.4, 0.5) is 0 Å². The van der Waals surface area contributed by atoms with Crippen LogP contribution < -0.4 is 0 Å². The number of carbonyl (C=O) groups is 2. The summed E-state index contributed by atoms with van der Waals surface area (Å²) in [6.45, 7) is 1.44. The highest BCUT2D eigenvalue weighted by Gasteiger charge is 2.62. The molecule has 3 aliphatic carbocycles. The van der Waals surface area contributed by atoms with Crippen LogP contribution in [0.25, 0.3) is 5.82 Å². The first kappa shape index (κ1) is 14.5. The molecule has 1 saturated heterocycles. The van der Waals surface area contributed by atoms with Crippen molar-refractivity contribution in [2.75, 3.05) is 13.1 Å². The molecule has 4 aliphatic rings. The first-order valence-corrected chi connectivity index (χ1v) is 8.43. The van der Waals surface area contributed by atoms with E-state index in [-0.39, 0.29) is 18.0 Å². The Labute approximate surface area is 143 Å². The lowest BCUT2D eigenvalue weighted by Gasteiger charge is -2.66. The highest BCUT2D eigenvalue weighted by atomic mass is 16.2. The first-order chi connectivity index (χ1) is 12.1. The number of carbonyl (C=O) groups excluding carboxylic acids is 2. The van der Waals surface area contributed by atoms with E-state index in [1.54, 1.807) is 29.7 Å². The van der Waals surface area contributed by atoms with E-state index in [0.29, 0.717) is 24.6 Å². The molecular weight excluding hydrogens is 322 g/mol. The fraction of sp³-hybridized carbons (Fsp3) is 0.500. The lowest BCUT2D eigenvalue weighted by Crippen LogP contribution is -2.73. The number of nitrogens with zero attached hydrogens (tertiary/aromatic N) is 7. The lowest BCUT2D eigenvalue weighted by molar-refractivity contribution is -0.186. The monoisotopic (exact) mass is 339 g/mol. The summed E-state index contributed by atoms with van der Waals surface area (Å²) in [5.74, 6) is 0.480. The molecule has 0 aromatic carbocycles. The largest absolute Gasteiger partial charge is 0.327 e. The molecule has 0 unspecified atom stereocenters. The van der Waals surface area contributed by atoms with Gasteiger partial charge in [-0.3, -0.25) is 14.6 Å². The zero-order valence-electron chi connectivity index (χ0n) is 13.6. The Morgan fingerprint density at radius 3 is 2.36 bits per heavy atom. The van der Waals surface area contributed by atoms with Crippen molar-refractivity contribution < 1.29 is 9.59 Å². The van der Waals surface area contributed by atoms with Crippen molar-refractivity contribution in [2.45, 2.75) is 31.3 Å². The SMILES string of the molecule is O=C1C(=O)N(C23CC(C2)C3)CCN1Cc1cnc(-n2nccn2)cn1. The van der Waals surface area contributed by atoms with Gasteiger partial charge in [0.25, 0.3) is 0 Å². The second kappa shape index (κ2) is 5.08. The van der Waals surface area contributed by atoms with E-state index in [9.17, 15) is 9.59 Å². The Balaban J connectivity index is 1.27. The highest BCUT2D eigenvalue weighted by Crippen LogP contribution is 2.60. The summed E-state index contributed by atoms with van der Waals surface area (Å²) < 4.78 is 0. The summed E-state index contributed by atoms with van der Waals surface area (Å²) in [7, 11) is 0. The van der Waals surface area contributed by atoms with Crippen molar-refractivity contribution >= 4 is 11.8 Å². The molecule has 9 nitrogen and oxygen atoms in total. The topological polar surface area (TPSA) is 97.1 Å². The summed E-state index contributed by atoms with van der Waals surface area (Å²) in [6, 6.07) is 0. The molecule has 6 rings (SSSR count). The first-order valence-electron chi connectivity index (χ1n) is 8.43. The van der Waals surface area contributed by atoms with E-state index in [4.69, 9.17) is 0 Å². The van der Waals surface area contributed by atoms with Gasteiger partial charge in [0, 0.05) is 18.6 Å². The van der Waals surface area contributed by atoms with Gasteiger partial charge in [0.2, 0.25) is 0 Å². The van der Waals surface area contributed by atoms with Gasteiger partial charge in [-0.1, -0.05) is 0 Å². The fourth-order valence-electron chi connectivity index (χ4n) is 4.10. The van der Waals surface area contributed by atoms with Gasteiger partial charge in [0.1, 0.15) is 0 Å². The van der Waals surface area contributed by atoms with E-state index in [0.717, 1.165) is 25.2 Å². The van der Waals surface area contributed by atoms with Gasteiger partial charge in [-0.05, 0) is 25.2 Å². The maximum absolute atomic E-state index is 12.5. The number of amides is 2. The number of hydrogen-bond acceptors (Lipinski definition) is 6. The molecule has 4 fully saturated rings. The van der Waals surface area contributed by atoms with Crippen molar-refractivity contribution in [2.24, 2.45) is 5.92 Å². The molecule has 3 saturated carbocycles. The Morgan fingerprint density at radius 1 is 1.00 bits per heavy atom. The van der Waals surface area contributed by atoms with Crippen LogP contribution >= 0.6 is 0 Å². The second-order valence-corrected chi connectivity index (χ2v) is 7.07. The number of piperazine rings is 1. The van der Waals surface area contributed by atoms with E-state index >= 15 is 0 Å². The average Bonchev–Trinajstić information content (AvgIpc) is 3.07. The molecule has 0 radical (unpaired) electrons. The van der Waals surface area contributed by atoms with Crippen LogP contribution in [0.15, 0.2) is 24.8 Å². The van der Waals surface area contributed by atoms with Crippen LogP contribution in [-0.2, 0) is 16.1 Å². The van der Waals surface area contributed by atoms with Crippen molar-refractivity contribution in [3.05, 3.63) is 30.5 Å². The van der Waals surface area contributed by atoms with Gasteiger partial charge in [-0.15, -0.1) is 4.80 Å². The fourth-order valence-corrected chi connectivity index (χ4v) is 4.10. The lowest BCUT2D eigenvalue weighted by atomic mass is 9.49. The standard InChI is InChI=1S/C16H17N7O2/c24-14-15(25)22(16-5-11(6-16)7-16)4-3-21(14)10-12-8-18-13(9-17-12)23-19-1-2-20-23/h1-2,8-9,11H,3-7,10H2. The predicted molar refractivity (Wildman–Crippen MR) is 84.2 cm³/mol. The molecule has 2 aromatic rings. The van der Waals surface area contributed by atoms with E-state index in [2.05, 4.69) is 20.2 Å². The second-order valence-electron chi connectivity index (χ2n) is 7.07. The van der Waals surface area contributed by atoms with Gasteiger partial charge < -0.3 is 9.80 Å². The highest BCUT2D eigenvalue weighted by molar-refractivity contribution is 6.35.